The van der Waals surface area contributed by atoms with Crippen LogP contribution in [0.25, 0.3) is 0 Å². The molecule has 2 aromatic rings. The van der Waals surface area contributed by atoms with E-state index in [0.29, 0.717) is 11.1 Å². The van der Waals surface area contributed by atoms with Gasteiger partial charge in [-0.1, -0.05) is 70.0 Å². The van der Waals surface area contributed by atoms with Crippen molar-refractivity contribution in [3.8, 4) is 0 Å². The molecule has 0 aromatic heterocycles. The third-order valence-electron chi connectivity index (χ3n) is 3.07. The van der Waals surface area contributed by atoms with Crippen molar-refractivity contribution in [1.29, 1.82) is 0 Å². The summed E-state index contributed by atoms with van der Waals surface area (Å²) in [4.78, 5) is 0. The van der Waals surface area contributed by atoms with Crippen molar-refractivity contribution in [2.75, 3.05) is 0 Å². The number of aryl methyl sites for hydroxylation is 2. The summed E-state index contributed by atoms with van der Waals surface area (Å²) in [6.45, 7) is 3.95. The van der Waals surface area contributed by atoms with Gasteiger partial charge in [0, 0.05) is 28.0 Å². The molecule has 2 rings (SSSR count). The number of hydrogen-bond acceptors (Lipinski definition) is 4. The quantitative estimate of drug-likeness (QED) is 0.395. The molecule has 0 saturated heterocycles. The van der Waals surface area contributed by atoms with Crippen molar-refractivity contribution in [2.45, 2.75) is 13.8 Å². The number of benzene rings is 2. The highest BCUT2D eigenvalue weighted by molar-refractivity contribution is 6.53. The fourth-order valence-corrected chi connectivity index (χ4v) is 1.91. The van der Waals surface area contributed by atoms with E-state index >= 15 is 0 Å². The lowest BCUT2D eigenvalue weighted by molar-refractivity contribution is 0.314. The molecule has 0 atom stereocenters. The van der Waals surface area contributed by atoms with Gasteiger partial charge < -0.3 is 10.4 Å². The van der Waals surface area contributed by atoms with E-state index in [1.807, 2.05) is 62.4 Å². The number of hydrogen-bond donors (Lipinski definition) is 2. The molecule has 4 nitrogen and oxygen atoms in total. The molecule has 6 heteroatoms. The van der Waals surface area contributed by atoms with E-state index in [0.717, 1.165) is 11.1 Å². The average Bonchev–Trinajstić information content (AvgIpc) is 2.47. The van der Waals surface area contributed by atoms with Gasteiger partial charge in [0.15, 0.2) is 0 Å². The van der Waals surface area contributed by atoms with Crippen molar-refractivity contribution in [3.63, 3.8) is 0 Å². The molecule has 0 unspecified atom stereocenters. The van der Waals surface area contributed by atoms with E-state index in [9.17, 15) is 10.4 Å². The van der Waals surface area contributed by atoms with Crippen LogP contribution in [0.1, 0.15) is 22.3 Å². The van der Waals surface area contributed by atoms with Crippen LogP contribution in [0.5, 0.6) is 0 Å². The number of rotatable bonds is 3. The highest BCUT2D eigenvalue weighted by Gasteiger charge is 2.15. The molecule has 0 aliphatic heterocycles. The number of oxime groups is 2. The molecule has 0 aliphatic rings. The Labute approximate surface area is 134 Å². The second-order valence-electron chi connectivity index (χ2n) is 4.63. The van der Waals surface area contributed by atoms with Crippen molar-refractivity contribution >= 4 is 28.2 Å². The third-order valence-corrected chi connectivity index (χ3v) is 3.07. The monoisotopic (exact) mass is 290 g/mol. The van der Waals surface area contributed by atoms with Gasteiger partial charge in [0.2, 0.25) is 0 Å². The Bertz CT molecular complexity index is 591. The molecule has 0 aliphatic carbocycles. The van der Waals surface area contributed by atoms with Gasteiger partial charge in [0.25, 0.3) is 0 Å². The van der Waals surface area contributed by atoms with Crippen molar-refractivity contribution < 1.29 is 10.4 Å². The van der Waals surface area contributed by atoms with Gasteiger partial charge >= 0.3 is 0 Å². The molecule has 0 amide bonds. The Hall–Kier alpha value is -2.49. The van der Waals surface area contributed by atoms with Gasteiger partial charge in [0.1, 0.15) is 11.4 Å². The maximum absolute atomic E-state index is 9.26. The maximum Gasteiger partial charge on any atom is 0.139 e. The van der Waals surface area contributed by atoms with Gasteiger partial charge in [-0.25, -0.2) is 0 Å². The zero-order valence-corrected chi connectivity index (χ0v) is 12.6. The van der Waals surface area contributed by atoms with E-state index in [2.05, 4.69) is 10.3 Å². The lowest BCUT2D eigenvalue weighted by Gasteiger charge is -2.08. The lowest BCUT2D eigenvalue weighted by Crippen LogP contribution is -2.17. The molecule has 0 heterocycles. The van der Waals surface area contributed by atoms with Gasteiger partial charge in [0.05, 0.1) is 0 Å². The zero-order chi connectivity index (χ0) is 14.5. The Kier molecular flexibility index (Phi) is 7.73. The summed E-state index contributed by atoms with van der Waals surface area (Å²) in [5, 5.41) is 25.1. The first kappa shape index (κ1) is 19.5. The predicted molar refractivity (Wildman–Crippen MR) is 90.5 cm³/mol. The molecule has 2 aromatic carbocycles. The lowest BCUT2D eigenvalue weighted by atomic mass is 9.98. The van der Waals surface area contributed by atoms with Crippen LogP contribution in [-0.2, 0) is 0 Å². The summed E-state index contributed by atoms with van der Waals surface area (Å²) in [6, 6.07) is 14.9. The van der Waals surface area contributed by atoms with E-state index in [1.54, 1.807) is 0 Å². The van der Waals surface area contributed by atoms with E-state index in [1.165, 1.54) is 0 Å². The summed E-state index contributed by atoms with van der Waals surface area (Å²) < 4.78 is 0. The fourth-order valence-electron chi connectivity index (χ4n) is 1.91. The van der Waals surface area contributed by atoms with E-state index in [-0.39, 0.29) is 28.2 Å². The summed E-state index contributed by atoms with van der Waals surface area (Å²) in [6.07, 6.45) is 0. The predicted octanol–water partition coefficient (Wildman–Crippen LogP) is 2.60. The minimum atomic E-state index is 0. The van der Waals surface area contributed by atoms with Crippen LogP contribution in [0.15, 0.2) is 58.8 Å². The normalized spacial score (nSPS) is 11.4. The summed E-state index contributed by atoms with van der Waals surface area (Å²) >= 11 is 0. The van der Waals surface area contributed by atoms with Crippen LogP contribution in [0.3, 0.4) is 0 Å². The highest BCUT2D eigenvalue weighted by atomic mass is 16.4. The largest absolute Gasteiger partial charge is 0.410 e. The van der Waals surface area contributed by atoms with Crippen LogP contribution in [0.4, 0.5) is 0 Å². The zero-order valence-electron chi connectivity index (χ0n) is 12.6. The van der Waals surface area contributed by atoms with Crippen LogP contribution >= 0.6 is 0 Å². The van der Waals surface area contributed by atoms with Gasteiger partial charge in [-0.3, -0.25) is 0 Å². The SMILES string of the molecule is Cc1ccc(C(=NO)C(=NO)c2ccc(C)cc2)cc1.[B].[B]. The molecule has 0 fully saturated rings. The molecule has 2 N–H and O–H groups in total. The molecular formula is C16H16B2N2O2. The smallest absolute Gasteiger partial charge is 0.139 e. The Balaban J connectivity index is 0.00000220. The Morgan fingerprint density at radius 1 is 0.636 bits per heavy atom. The first-order valence-corrected chi connectivity index (χ1v) is 6.24. The van der Waals surface area contributed by atoms with Crippen molar-refractivity contribution in [1.82, 2.24) is 0 Å². The van der Waals surface area contributed by atoms with Crippen LogP contribution < -0.4 is 0 Å². The van der Waals surface area contributed by atoms with Gasteiger partial charge in [-0.05, 0) is 13.8 Å². The summed E-state index contributed by atoms with van der Waals surface area (Å²) in [5.41, 5.74) is 4.04. The molecular weight excluding hydrogens is 274 g/mol. The maximum atomic E-state index is 9.26. The van der Waals surface area contributed by atoms with Crippen LogP contribution in [0.2, 0.25) is 0 Å². The summed E-state index contributed by atoms with van der Waals surface area (Å²) in [7, 11) is 0. The molecule has 0 spiro atoms. The van der Waals surface area contributed by atoms with Crippen LogP contribution in [-0.4, -0.2) is 38.7 Å². The van der Waals surface area contributed by atoms with Crippen LogP contribution in [0, 0.1) is 13.8 Å². The molecule has 6 radical (unpaired) electrons. The van der Waals surface area contributed by atoms with E-state index in [4.69, 9.17) is 0 Å². The van der Waals surface area contributed by atoms with E-state index < -0.39 is 0 Å². The third kappa shape index (κ3) is 4.25. The van der Waals surface area contributed by atoms with Crippen molar-refractivity contribution in [2.24, 2.45) is 10.3 Å². The van der Waals surface area contributed by atoms with Gasteiger partial charge in [-0.15, -0.1) is 0 Å². The minimum absolute atomic E-state index is 0. The molecule has 22 heavy (non-hydrogen) atoms. The first-order chi connectivity index (χ1) is 9.65. The fraction of sp³-hybridized carbons (Fsp3) is 0.125. The first-order valence-electron chi connectivity index (χ1n) is 6.24. The second-order valence-corrected chi connectivity index (χ2v) is 4.63. The average molecular weight is 290 g/mol. The van der Waals surface area contributed by atoms with Gasteiger partial charge in [-0.2, -0.15) is 0 Å². The molecule has 108 valence electrons. The number of nitrogens with zero attached hydrogens (tertiary/aromatic N) is 2. The highest BCUT2D eigenvalue weighted by Crippen LogP contribution is 2.12. The second kappa shape index (κ2) is 8.72. The Morgan fingerprint density at radius 3 is 1.14 bits per heavy atom. The molecule has 0 bridgehead atoms. The molecule has 0 saturated carbocycles. The topological polar surface area (TPSA) is 65.2 Å². The standard InChI is InChI=1S/C16H16N2O2.2B/c1-11-3-7-13(8-4-11)15(17-19)16(18-20)14-9-5-12(2)6-10-14;;/h3-10,19-20H,1-2H3;;. The van der Waals surface area contributed by atoms with Crippen molar-refractivity contribution in [3.05, 3.63) is 70.8 Å². The Morgan fingerprint density at radius 2 is 0.909 bits per heavy atom. The summed E-state index contributed by atoms with van der Waals surface area (Å²) in [5.74, 6) is 0. The minimum Gasteiger partial charge on any atom is -0.410 e.